The highest BCUT2D eigenvalue weighted by Gasteiger charge is 2.46. The molecule has 0 spiro atoms. The van der Waals surface area contributed by atoms with Gasteiger partial charge in [-0.15, -0.1) is 0 Å². The van der Waals surface area contributed by atoms with Crippen molar-refractivity contribution in [1.29, 1.82) is 0 Å². The highest BCUT2D eigenvalue weighted by atomic mass is 19.4. The molecule has 6 fully saturated rings. The van der Waals surface area contributed by atoms with Crippen molar-refractivity contribution >= 4 is 40.3 Å². The molecule has 2 aromatic heterocycles. The number of alkyl halides is 3. The number of nitrogens with zero attached hydrogens (tertiary/aromatic N) is 8. The summed E-state index contributed by atoms with van der Waals surface area (Å²) in [5.41, 5.74) is 0.441. The molecule has 1 aromatic carbocycles. The number of carbonyl (C=O) groups excluding carboxylic acids is 4. The first-order valence-corrected chi connectivity index (χ1v) is 25.5. The largest absolute Gasteiger partial charge is 0.416 e. The Kier molecular flexibility index (Phi) is 14.8. The predicted molar refractivity (Wildman–Crippen MR) is 255 cm³/mol. The van der Waals surface area contributed by atoms with Gasteiger partial charge in [0, 0.05) is 101 Å². The quantitative estimate of drug-likeness (QED) is 0.188. The fraction of sp³-hybridized carbons (Fsp3) is 0.667. The number of hydrogen-bond donors (Lipinski definition) is 3. The fourth-order valence-corrected chi connectivity index (χ4v) is 12.5. The Balaban J connectivity index is 0.723. The maximum absolute atomic E-state index is 14.2. The van der Waals surface area contributed by atoms with E-state index in [2.05, 4.69) is 66.5 Å². The van der Waals surface area contributed by atoms with Gasteiger partial charge in [-0.2, -0.15) is 13.2 Å². The molecule has 3 N–H and O–H groups in total. The Morgan fingerprint density at radius 2 is 1.62 bits per heavy atom. The van der Waals surface area contributed by atoms with Crippen molar-refractivity contribution in [3.05, 3.63) is 60.2 Å². The van der Waals surface area contributed by atoms with Crippen LogP contribution in [0.15, 0.2) is 49.1 Å². The molecule has 5 heterocycles. The summed E-state index contributed by atoms with van der Waals surface area (Å²) in [5.74, 6) is 0.164. The van der Waals surface area contributed by atoms with Crippen LogP contribution in [0.3, 0.4) is 0 Å². The van der Waals surface area contributed by atoms with E-state index in [0.29, 0.717) is 49.1 Å². The van der Waals surface area contributed by atoms with E-state index in [4.69, 9.17) is 0 Å². The number of carbonyl (C=O) groups is 4. The minimum Gasteiger partial charge on any atom is -0.358 e. The third kappa shape index (κ3) is 10.7. The van der Waals surface area contributed by atoms with Crippen LogP contribution in [0.25, 0.3) is 10.9 Å². The smallest absolute Gasteiger partial charge is 0.358 e. The van der Waals surface area contributed by atoms with E-state index in [-0.39, 0.29) is 71.3 Å². The van der Waals surface area contributed by atoms with Crippen molar-refractivity contribution in [3.8, 4) is 0 Å². The highest BCUT2D eigenvalue weighted by Crippen LogP contribution is 2.39. The van der Waals surface area contributed by atoms with Crippen molar-refractivity contribution in [3.63, 3.8) is 0 Å². The predicted octanol–water partition coefficient (Wildman–Crippen LogP) is 5.48. The fourth-order valence-electron chi connectivity index (χ4n) is 12.5. The first kappa shape index (κ1) is 49.1. The zero-order valence-electron chi connectivity index (χ0n) is 40.5. The number of anilines is 1. The summed E-state index contributed by atoms with van der Waals surface area (Å²) >= 11 is 0. The van der Waals surface area contributed by atoms with Gasteiger partial charge in [0.2, 0.25) is 23.6 Å². The van der Waals surface area contributed by atoms with Gasteiger partial charge in [0.05, 0.1) is 35.1 Å². The molecule has 3 aromatic rings. The van der Waals surface area contributed by atoms with Gasteiger partial charge in [-0.25, -0.2) is 9.97 Å². The van der Waals surface area contributed by atoms with Crippen LogP contribution in [0.1, 0.15) is 108 Å². The number of piperazine rings is 1. The first-order valence-electron chi connectivity index (χ1n) is 25.5. The number of aromatic nitrogens is 3. The lowest BCUT2D eigenvalue weighted by molar-refractivity contribution is -0.137. The maximum atomic E-state index is 14.2. The molecule has 3 saturated heterocycles. The topological polar surface area (TPSA) is 159 Å². The Bertz CT molecular complexity index is 2300. The molecular weight excluding hydrogens is 888 g/mol. The van der Waals surface area contributed by atoms with Crippen molar-refractivity contribution < 1.29 is 32.3 Å². The van der Waals surface area contributed by atoms with E-state index in [0.717, 1.165) is 108 Å². The lowest BCUT2D eigenvalue weighted by Crippen LogP contribution is -2.59. The summed E-state index contributed by atoms with van der Waals surface area (Å²) in [6, 6.07) is 7.39. The first-order chi connectivity index (χ1) is 33.1. The van der Waals surface area contributed by atoms with Crippen LogP contribution >= 0.6 is 0 Å². The van der Waals surface area contributed by atoms with Gasteiger partial charge in [-0.1, -0.05) is 6.07 Å². The standard InChI is InChI=1S/C51H70F3N11O4/c1-31(2)61(3)37-12-14-44(65-19-16-42(50(65)69)59-47-39-26-35(51(52,53)54)9-13-41(39)57-30-58-47)43(27-37)60-48(67)33-7-10-36(11-8-33)63-20-22-64(23-21-63)38-24-32(25-38)15-18-56-49(68)40-28-45(66)62(4)46(40)34-6-5-17-55-29-34/h5-6,9,13,17,26,29-33,36-38,40,42-44,46H,7-8,10-12,14-16,18-25,27-28H2,1-4H3,(H,56,68)(H,60,67)(H,57,58,59)/t32?,33?,36?,37-,38?,40+,42+,43-,44+,46-/m1/s1. The van der Waals surface area contributed by atoms with Gasteiger partial charge in [-0.3, -0.25) is 34.0 Å². The zero-order valence-corrected chi connectivity index (χ0v) is 40.5. The van der Waals surface area contributed by atoms with Crippen LogP contribution < -0.4 is 16.0 Å². The molecular formula is C51H70F3N11O4. The maximum Gasteiger partial charge on any atom is 0.416 e. The number of halogens is 3. The van der Waals surface area contributed by atoms with Crippen LogP contribution in [-0.2, 0) is 25.4 Å². The third-order valence-electron chi connectivity index (χ3n) is 16.9. The summed E-state index contributed by atoms with van der Waals surface area (Å²) in [5, 5.41) is 10.00. The molecule has 3 saturated carbocycles. The number of likely N-dealkylation sites (tertiary alicyclic amines) is 2. The van der Waals surface area contributed by atoms with E-state index >= 15 is 0 Å². The zero-order chi connectivity index (χ0) is 48.6. The number of rotatable bonds is 14. The Morgan fingerprint density at radius 3 is 2.32 bits per heavy atom. The minimum atomic E-state index is -4.53. The SMILES string of the molecule is CC(C)N(C)[C@@H]1CC[C@H](N2CC[C@H](Nc3ncnc4ccc(C(F)(F)F)cc34)C2=O)[C@H](NC(=O)C2CCC(N3CCN(C4CC(CCNC(=O)[C@H]5CC(=O)N(C)[C@@H]5c5cccnc5)C4)CC3)CC2)C1. The number of fused-ring (bicyclic) bond motifs is 1. The van der Waals surface area contributed by atoms with E-state index in [9.17, 15) is 32.3 Å². The van der Waals surface area contributed by atoms with Crippen LogP contribution in [-0.4, -0.2) is 159 Å². The Morgan fingerprint density at radius 1 is 0.884 bits per heavy atom. The number of pyridine rings is 1. The Labute approximate surface area is 403 Å². The van der Waals surface area contributed by atoms with E-state index in [1.807, 2.05) is 17.0 Å². The Hall–Kier alpha value is -4.94. The van der Waals surface area contributed by atoms with Crippen molar-refractivity contribution in [2.75, 3.05) is 58.7 Å². The number of benzene rings is 1. The highest BCUT2D eigenvalue weighted by molar-refractivity contribution is 5.93. The molecule has 3 aliphatic heterocycles. The van der Waals surface area contributed by atoms with Gasteiger partial charge >= 0.3 is 6.18 Å². The van der Waals surface area contributed by atoms with Crippen molar-refractivity contribution in [2.45, 2.75) is 145 Å². The molecule has 3 aliphatic carbocycles. The molecule has 6 aliphatic rings. The van der Waals surface area contributed by atoms with E-state index in [1.54, 1.807) is 24.3 Å². The van der Waals surface area contributed by atoms with Gasteiger partial charge < -0.3 is 30.7 Å². The van der Waals surface area contributed by atoms with Crippen LogP contribution in [0.5, 0.6) is 0 Å². The summed E-state index contributed by atoms with van der Waals surface area (Å²) in [4.78, 5) is 77.9. The molecule has 0 bridgehead atoms. The minimum absolute atomic E-state index is 0.0183. The molecule has 4 amide bonds. The third-order valence-corrected chi connectivity index (χ3v) is 16.9. The van der Waals surface area contributed by atoms with Crippen molar-refractivity contribution in [1.82, 2.24) is 50.1 Å². The van der Waals surface area contributed by atoms with Gasteiger partial charge in [0.1, 0.15) is 18.2 Å². The molecule has 0 radical (unpaired) electrons. The number of hydrogen-bond acceptors (Lipinski definition) is 11. The van der Waals surface area contributed by atoms with Gasteiger partial charge in [0.15, 0.2) is 0 Å². The van der Waals surface area contributed by atoms with E-state index < -0.39 is 23.7 Å². The van der Waals surface area contributed by atoms with Gasteiger partial charge in [-0.05, 0) is 127 Å². The average Bonchev–Trinajstić information content (AvgIpc) is 3.85. The summed E-state index contributed by atoms with van der Waals surface area (Å²) < 4.78 is 40.9. The molecule has 69 heavy (non-hydrogen) atoms. The molecule has 15 nitrogen and oxygen atoms in total. The molecule has 0 unspecified atom stereocenters. The van der Waals surface area contributed by atoms with Gasteiger partial charge in [0.25, 0.3) is 0 Å². The normalized spacial score (nSPS) is 30.6. The second-order valence-corrected chi connectivity index (χ2v) is 21.1. The monoisotopic (exact) mass is 958 g/mol. The molecule has 374 valence electrons. The lowest BCUT2D eigenvalue weighted by Gasteiger charge is -2.48. The van der Waals surface area contributed by atoms with Crippen LogP contribution in [0.4, 0.5) is 19.0 Å². The van der Waals surface area contributed by atoms with Crippen LogP contribution in [0.2, 0.25) is 0 Å². The number of nitrogens with one attached hydrogen (secondary N) is 3. The molecule has 9 rings (SSSR count). The molecule has 18 heteroatoms. The lowest BCUT2D eigenvalue weighted by atomic mass is 9.77. The summed E-state index contributed by atoms with van der Waals surface area (Å²) in [6.45, 7) is 9.59. The second kappa shape index (κ2) is 20.8. The van der Waals surface area contributed by atoms with E-state index in [1.165, 1.54) is 12.4 Å². The van der Waals surface area contributed by atoms with Crippen molar-refractivity contribution in [2.24, 2.45) is 17.8 Å². The second-order valence-electron chi connectivity index (χ2n) is 21.1. The summed E-state index contributed by atoms with van der Waals surface area (Å²) in [7, 11) is 3.89. The number of amides is 4. The average molecular weight is 958 g/mol. The molecule has 6 atom stereocenters. The summed E-state index contributed by atoms with van der Waals surface area (Å²) in [6.07, 6.45) is 10.1. The van der Waals surface area contributed by atoms with Crippen LogP contribution in [0, 0.1) is 17.8 Å².